The van der Waals surface area contributed by atoms with Crippen molar-refractivity contribution in [1.29, 1.82) is 5.26 Å². The number of aromatic nitrogens is 2. The average Bonchev–Trinajstić information content (AvgIpc) is 2.85. The molecule has 0 spiro atoms. The first-order valence-electron chi connectivity index (χ1n) is 5.97. The van der Waals surface area contributed by atoms with Gasteiger partial charge in [-0.1, -0.05) is 6.42 Å². The number of carboxylic acids is 1. The lowest BCUT2D eigenvalue weighted by molar-refractivity contribution is -0.141. The molecule has 6 heteroatoms. The number of anilines is 1. The number of rotatable bonds is 3. The molecule has 0 aliphatic heterocycles. The molecule has 1 heterocycles. The molecule has 1 aromatic rings. The molecular weight excluding hydrogens is 232 g/mol. The number of hydrogen-bond donors (Lipinski definition) is 2. The van der Waals surface area contributed by atoms with Gasteiger partial charge in [0.05, 0.1) is 11.6 Å². The predicted molar refractivity (Wildman–Crippen MR) is 65.0 cm³/mol. The minimum atomic E-state index is -0.776. The van der Waals surface area contributed by atoms with Gasteiger partial charge in [-0.25, -0.2) is 0 Å². The summed E-state index contributed by atoms with van der Waals surface area (Å²) in [5.74, 6) is -0.540. The monoisotopic (exact) mass is 248 g/mol. The zero-order valence-electron chi connectivity index (χ0n) is 10.5. The molecule has 0 saturated heterocycles. The van der Waals surface area contributed by atoms with E-state index in [1.807, 2.05) is 0 Å². The highest BCUT2D eigenvalue weighted by molar-refractivity contribution is 5.72. The summed E-state index contributed by atoms with van der Waals surface area (Å²) in [4.78, 5) is 11.1. The summed E-state index contributed by atoms with van der Waals surface area (Å²) in [7, 11) is 1.75. The highest BCUT2D eigenvalue weighted by atomic mass is 16.4. The topological polar surface area (TPSA) is 90.9 Å². The van der Waals surface area contributed by atoms with Crippen molar-refractivity contribution in [2.24, 2.45) is 13.0 Å². The average molecular weight is 248 g/mol. The van der Waals surface area contributed by atoms with Crippen LogP contribution in [0.3, 0.4) is 0 Å². The van der Waals surface area contributed by atoms with Gasteiger partial charge in [-0.2, -0.15) is 10.4 Å². The Morgan fingerprint density at radius 1 is 1.61 bits per heavy atom. The van der Waals surface area contributed by atoms with Gasteiger partial charge in [0, 0.05) is 13.1 Å². The van der Waals surface area contributed by atoms with Crippen LogP contribution < -0.4 is 5.32 Å². The van der Waals surface area contributed by atoms with E-state index in [1.54, 1.807) is 18.7 Å². The van der Waals surface area contributed by atoms with Crippen molar-refractivity contribution in [2.45, 2.75) is 32.2 Å². The van der Waals surface area contributed by atoms with E-state index in [4.69, 9.17) is 10.4 Å². The fraction of sp³-hybridized carbons (Fsp3) is 0.583. The van der Waals surface area contributed by atoms with Crippen LogP contribution in [-0.2, 0) is 11.8 Å². The fourth-order valence-corrected chi connectivity index (χ4v) is 2.56. The zero-order valence-corrected chi connectivity index (χ0v) is 10.5. The molecule has 6 nitrogen and oxygen atoms in total. The maximum Gasteiger partial charge on any atom is 0.308 e. The molecule has 1 fully saturated rings. The molecule has 0 radical (unpaired) electrons. The molecule has 1 aromatic heterocycles. The van der Waals surface area contributed by atoms with Crippen LogP contribution in [0.2, 0.25) is 0 Å². The first kappa shape index (κ1) is 12.4. The Balaban J connectivity index is 2.24. The van der Waals surface area contributed by atoms with Crippen molar-refractivity contribution in [3.63, 3.8) is 0 Å². The third-order valence-electron chi connectivity index (χ3n) is 3.49. The molecule has 0 amide bonds. The second-order valence-corrected chi connectivity index (χ2v) is 4.67. The molecule has 0 bridgehead atoms. The lowest BCUT2D eigenvalue weighted by atomic mass is 10.0. The molecule has 1 saturated carbocycles. The third-order valence-corrected chi connectivity index (χ3v) is 3.49. The van der Waals surface area contributed by atoms with Gasteiger partial charge in [0.2, 0.25) is 0 Å². The molecule has 1 aliphatic rings. The van der Waals surface area contributed by atoms with Crippen LogP contribution in [0, 0.1) is 24.2 Å². The molecule has 0 aromatic carbocycles. The fourth-order valence-electron chi connectivity index (χ4n) is 2.56. The number of aliphatic carboxylic acids is 1. The lowest BCUT2D eigenvalue weighted by Crippen LogP contribution is -2.30. The summed E-state index contributed by atoms with van der Waals surface area (Å²) in [5, 5.41) is 25.6. The van der Waals surface area contributed by atoms with E-state index in [-0.39, 0.29) is 12.0 Å². The van der Waals surface area contributed by atoms with Gasteiger partial charge in [-0.15, -0.1) is 0 Å². The summed E-state index contributed by atoms with van der Waals surface area (Å²) in [6, 6.07) is 1.99. The second-order valence-electron chi connectivity index (χ2n) is 4.67. The van der Waals surface area contributed by atoms with E-state index in [0.29, 0.717) is 23.5 Å². The van der Waals surface area contributed by atoms with Crippen molar-refractivity contribution in [3.05, 3.63) is 11.3 Å². The molecular formula is C12H16N4O2. The minimum absolute atomic E-state index is 0.121. The van der Waals surface area contributed by atoms with E-state index in [9.17, 15) is 4.79 Å². The maximum atomic E-state index is 11.1. The van der Waals surface area contributed by atoms with Gasteiger partial charge in [0.25, 0.3) is 0 Å². The van der Waals surface area contributed by atoms with E-state index < -0.39 is 5.97 Å². The minimum Gasteiger partial charge on any atom is -0.481 e. The van der Waals surface area contributed by atoms with Crippen LogP contribution in [-0.4, -0.2) is 26.9 Å². The number of nitrogens with zero attached hydrogens (tertiary/aromatic N) is 3. The predicted octanol–water partition coefficient (Wildman–Crippen LogP) is 1.27. The third kappa shape index (κ3) is 2.04. The highest BCUT2D eigenvalue weighted by Crippen LogP contribution is 2.30. The summed E-state index contributed by atoms with van der Waals surface area (Å²) >= 11 is 0. The van der Waals surface area contributed by atoms with Crippen molar-refractivity contribution in [3.8, 4) is 6.07 Å². The standard InChI is InChI=1S/C12H16N4O2/c1-7-9(6-13)11(16(2)15-7)14-10-5-3-4-8(10)12(17)18/h8,10,14H,3-5H2,1-2H3,(H,17,18). The summed E-state index contributed by atoms with van der Waals surface area (Å²) in [6.07, 6.45) is 2.39. The van der Waals surface area contributed by atoms with Crippen LogP contribution in [0.1, 0.15) is 30.5 Å². The summed E-state index contributed by atoms with van der Waals surface area (Å²) in [5.41, 5.74) is 1.15. The number of aryl methyl sites for hydroxylation is 2. The molecule has 1 aliphatic carbocycles. The number of carboxylic acid groups (broad SMARTS) is 1. The van der Waals surface area contributed by atoms with Crippen molar-refractivity contribution >= 4 is 11.8 Å². The second kappa shape index (κ2) is 4.69. The Morgan fingerprint density at radius 2 is 2.33 bits per heavy atom. The van der Waals surface area contributed by atoms with E-state index in [0.717, 1.165) is 12.8 Å². The van der Waals surface area contributed by atoms with E-state index in [1.165, 1.54) is 0 Å². The van der Waals surface area contributed by atoms with Gasteiger partial charge in [0.15, 0.2) is 0 Å². The van der Waals surface area contributed by atoms with Crippen LogP contribution in [0.25, 0.3) is 0 Å². The smallest absolute Gasteiger partial charge is 0.308 e. The number of hydrogen-bond acceptors (Lipinski definition) is 4. The number of carbonyl (C=O) groups is 1. The summed E-state index contributed by atoms with van der Waals surface area (Å²) in [6.45, 7) is 1.77. The van der Waals surface area contributed by atoms with Crippen LogP contribution in [0.4, 0.5) is 5.82 Å². The Hall–Kier alpha value is -2.03. The highest BCUT2D eigenvalue weighted by Gasteiger charge is 2.34. The Morgan fingerprint density at radius 3 is 2.94 bits per heavy atom. The van der Waals surface area contributed by atoms with Gasteiger partial charge in [-0.3, -0.25) is 9.48 Å². The van der Waals surface area contributed by atoms with Gasteiger partial charge in [-0.05, 0) is 19.8 Å². The number of nitrogens with one attached hydrogen (secondary N) is 1. The Labute approximate surface area is 105 Å². The Kier molecular flexibility index (Phi) is 3.24. The van der Waals surface area contributed by atoms with E-state index in [2.05, 4.69) is 16.5 Å². The first-order chi connectivity index (χ1) is 8.54. The summed E-state index contributed by atoms with van der Waals surface area (Å²) < 4.78 is 1.60. The van der Waals surface area contributed by atoms with Crippen molar-refractivity contribution in [2.75, 3.05) is 5.32 Å². The van der Waals surface area contributed by atoms with Crippen LogP contribution in [0.15, 0.2) is 0 Å². The molecule has 18 heavy (non-hydrogen) atoms. The van der Waals surface area contributed by atoms with Crippen LogP contribution >= 0.6 is 0 Å². The molecule has 2 rings (SSSR count). The SMILES string of the molecule is Cc1nn(C)c(NC2CCCC2C(=O)O)c1C#N. The van der Waals surface area contributed by atoms with E-state index >= 15 is 0 Å². The van der Waals surface area contributed by atoms with Crippen molar-refractivity contribution in [1.82, 2.24) is 9.78 Å². The van der Waals surface area contributed by atoms with Gasteiger partial charge in [0.1, 0.15) is 17.5 Å². The largest absolute Gasteiger partial charge is 0.481 e. The zero-order chi connectivity index (χ0) is 13.3. The van der Waals surface area contributed by atoms with Gasteiger partial charge < -0.3 is 10.4 Å². The lowest BCUT2D eigenvalue weighted by Gasteiger charge is -2.18. The quantitative estimate of drug-likeness (QED) is 0.840. The number of nitriles is 1. The molecule has 2 N–H and O–H groups in total. The van der Waals surface area contributed by atoms with Crippen molar-refractivity contribution < 1.29 is 9.90 Å². The van der Waals surface area contributed by atoms with Crippen LogP contribution in [0.5, 0.6) is 0 Å². The maximum absolute atomic E-state index is 11.1. The normalized spacial score (nSPS) is 22.7. The molecule has 96 valence electrons. The Bertz CT molecular complexity index is 515. The molecule has 2 unspecified atom stereocenters. The van der Waals surface area contributed by atoms with Gasteiger partial charge >= 0.3 is 5.97 Å². The first-order valence-corrected chi connectivity index (χ1v) is 5.97. The molecule has 2 atom stereocenters.